The molecule has 0 spiro atoms. The Bertz CT molecular complexity index is 414. The van der Waals surface area contributed by atoms with E-state index in [1.807, 2.05) is 0 Å². The molecular formula is C15H23N3O. The third-order valence-corrected chi connectivity index (χ3v) is 3.53. The third-order valence-electron chi connectivity index (χ3n) is 3.53. The zero-order chi connectivity index (χ0) is 13.5. The molecule has 0 saturated carbocycles. The van der Waals surface area contributed by atoms with Crippen LogP contribution in [0.15, 0.2) is 24.3 Å². The number of rotatable bonds is 7. The van der Waals surface area contributed by atoms with Crippen LogP contribution in [0.5, 0.6) is 0 Å². The summed E-state index contributed by atoms with van der Waals surface area (Å²) in [4.78, 5) is 13.1. The van der Waals surface area contributed by atoms with Crippen LogP contribution in [0.3, 0.4) is 0 Å². The molecule has 4 nitrogen and oxygen atoms in total. The minimum absolute atomic E-state index is 0.223. The van der Waals surface area contributed by atoms with E-state index in [0.717, 1.165) is 19.5 Å². The Labute approximate surface area is 115 Å². The smallest absolute Gasteiger partial charge is 0.217 e. The van der Waals surface area contributed by atoms with Crippen molar-refractivity contribution < 1.29 is 4.79 Å². The minimum atomic E-state index is -0.223. The zero-order valence-electron chi connectivity index (χ0n) is 11.4. The Hall–Kier alpha value is -1.55. The predicted octanol–water partition coefficient (Wildman–Crippen LogP) is 1.64. The standard InChI is InChI=1S/C15H23N3O/c16-15(19)8-5-9-17-12-13-6-1-2-7-14(13)18-10-3-4-11-18/h1-2,6-7,17H,3-5,8-12H2,(H2,16,19). The molecule has 1 aromatic carbocycles. The van der Waals surface area contributed by atoms with E-state index in [4.69, 9.17) is 5.73 Å². The molecular weight excluding hydrogens is 238 g/mol. The van der Waals surface area contributed by atoms with E-state index in [-0.39, 0.29) is 5.91 Å². The van der Waals surface area contributed by atoms with Gasteiger partial charge in [0.1, 0.15) is 0 Å². The van der Waals surface area contributed by atoms with Gasteiger partial charge in [-0.1, -0.05) is 18.2 Å². The highest BCUT2D eigenvalue weighted by molar-refractivity contribution is 5.73. The van der Waals surface area contributed by atoms with Crippen LogP contribution in [-0.2, 0) is 11.3 Å². The van der Waals surface area contributed by atoms with E-state index in [1.54, 1.807) is 0 Å². The van der Waals surface area contributed by atoms with Crippen molar-refractivity contribution in [1.29, 1.82) is 0 Å². The fourth-order valence-electron chi connectivity index (χ4n) is 2.54. The SMILES string of the molecule is NC(=O)CCCNCc1ccccc1N1CCCC1. The van der Waals surface area contributed by atoms with Crippen molar-refractivity contribution in [2.45, 2.75) is 32.2 Å². The number of nitrogens with two attached hydrogens (primary N) is 1. The highest BCUT2D eigenvalue weighted by Crippen LogP contribution is 2.24. The highest BCUT2D eigenvalue weighted by Gasteiger charge is 2.14. The maximum absolute atomic E-state index is 10.6. The molecule has 1 aromatic rings. The summed E-state index contributed by atoms with van der Waals surface area (Å²) in [6, 6.07) is 8.56. The average Bonchev–Trinajstić information content (AvgIpc) is 2.92. The van der Waals surface area contributed by atoms with Gasteiger partial charge >= 0.3 is 0 Å². The first-order valence-electron chi connectivity index (χ1n) is 7.09. The molecule has 0 radical (unpaired) electrons. The molecule has 0 bridgehead atoms. The second-order valence-corrected chi connectivity index (χ2v) is 5.07. The quantitative estimate of drug-likeness (QED) is 0.734. The molecule has 0 aromatic heterocycles. The predicted molar refractivity (Wildman–Crippen MR) is 78.0 cm³/mol. The number of carbonyl (C=O) groups excluding carboxylic acids is 1. The molecule has 0 aliphatic carbocycles. The van der Waals surface area contributed by atoms with Gasteiger partial charge in [0.15, 0.2) is 0 Å². The number of para-hydroxylation sites is 1. The Kier molecular flexibility index (Phi) is 5.21. The van der Waals surface area contributed by atoms with Crippen molar-refractivity contribution >= 4 is 11.6 Å². The largest absolute Gasteiger partial charge is 0.371 e. The second-order valence-electron chi connectivity index (χ2n) is 5.07. The second kappa shape index (κ2) is 7.14. The summed E-state index contributed by atoms with van der Waals surface area (Å²) in [6.07, 6.45) is 3.85. The zero-order valence-corrected chi connectivity index (χ0v) is 11.4. The van der Waals surface area contributed by atoms with E-state index in [2.05, 4.69) is 34.5 Å². The number of hydrogen-bond acceptors (Lipinski definition) is 3. The van der Waals surface area contributed by atoms with Gasteiger partial charge in [0.05, 0.1) is 0 Å². The lowest BCUT2D eigenvalue weighted by atomic mass is 10.1. The van der Waals surface area contributed by atoms with Gasteiger partial charge in [-0.3, -0.25) is 4.79 Å². The minimum Gasteiger partial charge on any atom is -0.371 e. The number of nitrogens with one attached hydrogen (secondary N) is 1. The first kappa shape index (κ1) is 13.9. The molecule has 1 saturated heterocycles. The van der Waals surface area contributed by atoms with Crippen LogP contribution in [0, 0.1) is 0 Å². The van der Waals surface area contributed by atoms with Crippen molar-refractivity contribution in [3.63, 3.8) is 0 Å². The molecule has 19 heavy (non-hydrogen) atoms. The molecule has 1 amide bonds. The van der Waals surface area contributed by atoms with Crippen LogP contribution >= 0.6 is 0 Å². The first-order valence-corrected chi connectivity index (χ1v) is 7.09. The van der Waals surface area contributed by atoms with E-state index in [0.29, 0.717) is 6.42 Å². The van der Waals surface area contributed by atoms with E-state index in [1.165, 1.54) is 37.2 Å². The summed E-state index contributed by atoms with van der Waals surface area (Å²) in [5.74, 6) is -0.223. The summed E-state index contributed by atoms with van der Waals surface area (Å²) in [7, 11) is 0. The van der Waals surface area contributed by atoms with Crippen LogP contribution in [0.25, 0.3) is 0 Å². The molecule has 3 N–H and O–H groups in total. The summed E-state index contributed by atoms with van der Waals surface area (Å²) in [5, 5.41) is 3.39. The number of carbonyl (C=O) groups is 1. The van der Waals surface area contributed by atoms with Crippen LogP contribution in [0.4, 0.5) is 5.69 Å². The fourth-order valence-corrected chi connectivity index (χ4v) is 2.54. The Morgan fingerprint density at radius 1 is 1.26 bits per heavy atom. The molecule has 1 aliphatic heterocycles. The Morgan fingerprint density at radius 3 is 2.74 bits per heavy atom. The summed E-state index contributed by atoms with van der Waals surface area (Å²) in [5.41, 5.74) is 7.81. The van der Waals surface area contributed by atoms with Crippen LogP contribution < -0.4 is 16.0 Å². The molecule has 1 fully saturated rings. The number of primary amides is 1. The van der Waals surface area contributed by atoms with Crippen LogP contribution in [-0.4, -0.2) is 25.5 Å². The van der Waals surface area contributed by atoms with E-state index < -0.39 is 0 Å². The van der Waals surface area contributed by atoms with Crippen molar-refractivity contribution in [3.8, 4) is 0 Å². The number of nitrogens with zero attached hydrogens (tertiary/aromatic N) is 1. The maximum Gasteiger partial charge on any atom is 0.217 e. The van der Waals surface area contributed by atoms with Gasteiger partial charge in [-0.15, -0.1) is 0 Å². The van der Waals surface area contributed by atoms with E-state index in [9.17, 15) is 4.79 Å². The monoisotopic (exact) mass is 261 g/mol. The van der Waals surface area contributed by atoms with Crippen molar-refractivity contribution in [2.24, 2.45) is 5.73 Å². The summed E-state index contributed by atoms with van der Waals surface area (Å²) >= 11 is 0. The fraction of sp³-hybridized carbons (Fsp3) is 0.533. The summed E-state index contributed by atoms with van der Waals surface area (Å²) < 4.78 is 0. The van der Waals surface area contributed by atoms with Gasteiger partial charge in [0.25, 0.3) is 0 Å². The van der Waals surface area contributed by atoms with Gasteiger partial charge in [-0.25, -0.2) is 0 Å². The molecule has 0 atom stereocenters. The first-order chi connectivity index (χ1) is 9.27. The molecule has 1 aliphatic rings. The van der Waals surface area contributed by atoms with E-state index >= 15 is 0 Å². The van der Waals surface area contributed by atoms with Gasteiger partial charge < -0.3 is 16.0 Å². The molecule has 104 valence electrons. The number of hydrogen-bond donors (Lipinski definition) is 2. The van der Waals surface area contributed by atoms with Crippen LogP contribution in [0.2, 0.25) is 0 Å². The van der Waals surface area contributed by atoms with Gasteiger partial charge in [0, 0.05) is 31.7 Å². The molecule has 4 heteroatoms. The Balaban J connectivity index is 1.84. The lowest BCUT2D eigenvalue weighted by Gasteiger charge is -2.21. The van der Waals surface area contributed by atoms with Crippen molar-refractivity contribution in [3.05, 3.63) is 29.8 Å². The molecule has 0 unspecified atom stereocenters. The topological polar surface area (TPSA) is 58.4 Å². The lowest BCUT2D eigenvalue weighted by Crippen LogP contribution is -2.22. The van der Waals surface area contributed by atoms with Crippen molar-refractivity contribution in [2.75, 3.05) is 24.5 Å². The van der Waals surface area contributed by atoms with Crippen LogP contribution in [0.1, 0.15) is 31.2 Å². The van der Waals surface area contributed by atoms with Crippen molar-refractivity contribution in [1.82, 2.24) is 5.32 Å². The number of anilines is 1. The van der Waals surface area contributed by atoms with Gasteiger partial charge in [-0.2, -0.15) is 0 Å². The normalized spacial score (nSPS) is 14.8. The lowest BCUT2D eigenvalue weighted by molar-refractivity contribution is -0.118. The Morgan fingerprint density at radius 2 is 2.00 bits per heavy atom. The maximum atomic E-state index is 10.6. The van der Waals surface area contributed by atoms with Gasteiger partial charge in [0.2, 0.25) is 5.91 Å². The summed E-state index contributed by atoms with van der Waals surface area (Å²) in [6.45, 7) is 4.01. The number of benzene rings is 1. The molecule has 2 rings (SSSR count). The molecule has 1 heterocycles. The number of amides is 1. The van der Waals surface area contributed by atoms with Gasteiger partial charge in [-0.05, 0) is 37.4 Å². The third kappa shape index (κ3) is 4.24. The average molecular weight is 261 g/mol. The highest BCUT2D eigenvalue weighted by atomic mass is 16.1.